The van der Waals surface area contributed by atoms with E-state index < -0.39 is 12.0 Å². The van der Waals surface area contributed by atoms with E-state index in [4.69, 9.17) is 0 Å². The fraction of sp³-hybridized carbons (Fsp3) is 0.643. The van der Waals surface area contributed by atoms with Crippen LogP contribution < -0.4 is 5.32 Å². The minimum atomic E-state index is -0.741. The number of piperazine rings is 1. The maximum Gasteiger partial charge on any atom is 0.308 e. The quantitative estimate of drug-likeness (QED) is 0.593. The first-order chi connectivity index (χ1) is 9.63. The average Bonchev–Trinajstić information content (AvgIpc) is 2.49. The highest BCUT2D eigenvalue weighted by Crippen LogP contribution is 2.23. The molecule has 2 atom stereocenters. The van der Waals surface area contributed by atoms with E-state index in [1.807, 2.05) is 6.08 Å². The maximum atomic E-state index is 12.5. The Kier molecular flexibility index (Phi) is 4.76. The van der Waals surface area contributed by atoms with Crippen LogP contribution in [0.4, 0.5) is 0 Å². The number of ether oxygens (including phenoxy) is 1. The Morgan fingerprint density at radius 2 is 2.25 bits per heavy atom. The molecule has 0 bridgehead atoms. The second kappa shape index (κ2) is 6.54. The number of amides is 2. The Bertz CT molecular complexity index is 433. The van der Waals surface area contributed by atoms with Gasteiger partial charge in [-0.2, -0.15) is 0 Å². The molecule has 1 N–H and O–H groups in total. The van der Waals surface area contributed by atoms with Gasteiger partial charge in [-0.1, -0.05) is 12.2 Å². The summed E-state index contributed by atoms with van der Waals surface area (Å²) >= 11 is 0. The standard InChI is InChI=1S/C14H20N2O4/c1-20-12(17)9-11-13(18)15-7-8-16(11)14(19)10-5-3-2-4-6-10/h2-3,10-11H,4-9H2,1H3,(H,15,18)/t10-,11+/m1/s1. The molecule has 6 nitrogen and oxygen atoms in total. The number of allylic oxidation sites excluding steroid dienone is 2. The van der Waals surface area contributed by atoms with Gasteiger partial charge in [-0.25, -0.2) is 0 Å². The van der Waals surface area contributed by atoms with Crippen LogP contribution in [-0.4, -0.2) is 48.9 Å². The maximum absolute atomic E-state index is 12.5. The van der Waals surface area contributed by atoms with Crippen molar-refractivity contribution in [2.45, 2.75) is 31.7 Å². The van der Waals surface area contributed by atoms with Gasteiger partial charge >= 0.3 is 5.97 Å². The summed E-state index contributed by atoms with van der Waals surface area (Å²) in [7, 11) is 1.28. The van der Waals surface area contributed by atoms with Gasteiger partial charge in [-0.15, -0.1) is 0 Å². The minimum Gasteiger partial charge on any atom is -0.469 e. The number of hydrogen-bond donors (Lipinski definition) is 1. The van der Waals surface area contributed by atoms with Crippen LogP contribution in [0, 0.1) is 5.92 Å². The van der Waals surface area contributed by atoms with E-state index >= 15 is 0 Å². The van der Waals surface area contributed by atoms with Crippen molar-refractivity contribution in [1.29, 1.82) is 0 Å². The van der Waals surface area contributed by atoms with Crippen molar-refractivity contribution in [1.82, 2.24) is 10.2 Å². The lowest BCUT2D eigenvalue weighted by Crippen LogP contribution is -2.59. The number of nitrogens with one attached hydrogen (secondary N) is 1. The number of methoxy groups -OCH3 is 1. The van der Waals surface area contributed by atoms with Crippen LogP contribution in [0.15, 0.2) is 12.2 Å². The Morgan fingerprint density at radius 1 is 1.45 bits per heavy atom. The lowest BCUT2D eigenvalue weighted by molar-refractivity contribution is -0.152. The normalized spacial score (nSPS) is 26.1. The van der Waals surface area contributed by atoms with Crippen LogP contribution in [0.3, 0.4) is 0 Å². The topological polar surface area (TPSA) is 75.7 Å². The molecule has 0 aromatic rings. The molecule has 1 aliphatic heterocycles. The number of rotatable bonds is 3. The van der Waals surface area contributed by atoms with Crippen LogP contribution in [0.25, 0.3) is 0 Å². The largest absolute Gasteiger partial charge is 0.469 e. The number of carbonyl (C=O) groups is 3. The van der Waals surface area contributed by atoms with Crippen LogP contribution in [0.2, 0.25) is 0 Å². The van der Waals surface area contributed by atoms with Crippen molar-refractivity contribution >= 4 is 17.8 Å². The van der Waals surface area contributed by atoms with E-state index in [1.165, 1.54) is 7.11 Å². The fourth-order valence-electron chi connectivity index (χ4n) is 2.68. The molecule has 6 heteroatoms. The monoisotopic (exact) mass is 280 g/mol. The van der Waals surface area contributed by atoms with Gasteiger partial charge in [-0.05, 0) is 19.3 Å². The highest BCUT2D eigenvalue weighted by atomic mass is 16.5. The lowest BCUT2D eigenvalue weighted by atomic mass is 9.92. The van der Waals surface area contributed by atoms with Gasteiger partial charge in [-0.3, -0.25) is 14.4 Å². The third kappa shape index (κ3) is 3.18. The molecule has 1 aliphatic carbocycles. The molecule has 0 aromatic carbocycles. The summed E-state index contributed by atoms with van der Waals surface area (Å²) in [5, 5.41) is 2.69. The first kappa shape index (κ1) is 14.6. The molecule has 2 aliphatic rings. The van der Waals surface area contributed by atoms with Gasteiger partial charge in [0.1, 0.15) is 6.04 Å². The van der Waals surface area contributed by atoms with E-state index in [2.05, 4.69) is 16.1 Å². The molecule has 110 valence electrons. The zero-order chi connectivity index (χ0) is 14.5. The summed E-state index contributed by atoms with van der Waals surface area (Å²) in [6.07, 6.45) is 6.39. The Labute approximate surface area is 118 Å². The molecule has 2 rings (SSSR count). The number of carbonyl (C=O) groups excluding carboxylic acids is 3. The molecule has 2 amide bonds. The molecule has 0 saturated carbocycles. The first-order valence-corrected chi connectivity index (χ1v) is 6.93. The van der Waals surface area contributed by atoms with Crippen LogP contribution in [0.5, 0.6) is 0 Å². The number of hydrogen-bond acceptors (Lipinski definition) is 4. The molecule has 0 radical (unpaired) electrons. The van der Waals surface area contributed by atoms with E-state index in [0.29, 0.717) is 19.5 Å². The highest BCUT2D eigenvalue weighted by molar-refractivity contribution is 5.92. The van der Waals surface area contributed by atoms with E-state index in [1.54, 1.807) is 4.90 Å². The number of esters is 1. The van der Waals surface area contributed by atoms with Gasteiger partial charge in [0.15, 0.2) is 0 Å². The zero-order valence-electron chi connectivity index (χ0n) is 11.6. The van der Waals surface area contributed by atoms with Gasteiger partial charge in [0.25, 0.3) is 0 Å². The SMILES string of the molecule is COC(=O)C[C@H]1C(=O)NCCN1C(=O)[C@@H]1CC=CCC1. The van der Waals surface area contributed by atoms with E-state index in [-0.39, 0.29) is 24.2 Å². The molecule has 1 heterocycles. The van der Waals surface area contributed by atoms with Crippen molar-refractivity contribution < 1.29 is 19.1 Å². The molecule has 1 saturated heterocycles. The lowest BCUT2D eigenvalue weighted by Gasteiger charge is -2.37. The molecule has 0 aromatic heterocycles. The smallest absolute Gasteiger partial charge is 0.308 e. The van der Waals surface area contributed by atoms with Gasteiger partial charge < -0.3 is 15.0 Å². The summed E-state index contributed by atoms with van der Waals surface area (Å²) in [5.74, 6) is -0.862. The highest BCUT2D eigenvalue weighted by Gasteiger charge is 2.37. The average molecular weight is 280 g/mol. The van der Waals surface area contributed by atoms with Gasteiger partial charge in [0.2, 0.25) is 11.8 Å². The Balaban J connectivity index is 2.09. The number of nitrogens with zero attached hydrogens (tertiary/aromatic N) is 1. The minimum absolute atomic E-state index is 0.0295. The summed E-state index contributed by atoms with van der Waals surface area (Å²) in [4.78, 5) is 37.4. The summed E-state index contributed by atoms with van der Waals surface area (Å²) in [5.41, 5.74) is 0. The molecule has 20 heavy (non-hydrogen) atoms. The molecular formula is C14H20N2O4. The third-order valence-corrected chi connectivity index (χ3v) is 3.82. The first-order valence-electron chi connectivity index (χ1n) is 6.93. The fourth-order valence-corrected chi connectivity index (χ4v) is 2.68. The molecule has 0 unspecified atom stereocenters. The predicted molar refractivity (Wildman–Crippen MR) is 71.6 cm³/mol. The second-order valence-corrected chi connectivity index (χ2v) is 5.10. The van der Waals surface area contributed by atoms with Crippen LogP contribution >= 0.6 is 0 Å². The van der Waals surface area contributed by atoms with Crippen LogP contribution in [-0.2, 0) is 19.1 Å². The van der Waals surface area contributed by atoms with Crippen molar-refractivity contribution in [2.24, 2.45) is 5.92 Å². The molecule has 0 spiro atoms. The van der Waals surface area contributed by atoms with Crippen LogP contribution in [0.1, 0.15) is 25.7 Å². The second-order valence-electron chi connectivity index (χ2n) is 5.10. The van der Waals surface area contributed by atoms with Gasteiger partial charge in [0.05, 0.1) is 13.5 Å². The Hall–Kier alpha value is -1.85. The van der Waals surface area contributed by atoms with Crippen molar-refractivity contribution in [3.05, 3.63) is 12.2 Å². The molecular weight excluding hydrogens is 260 g/mol. The van der Waals surface area contributed by atoms with Crippen molar-refractivity contribution in [3.63, 3.8) is 0 Å². The van der Waals surface area contributed by atoms with Crippen molar-refractivity contribution in [3.8, 4) is 0 Å². The van der Waals surface area contributed by atoms with Crippen molar-refractivity contribution in [2.75, 3.05) is 20.2 Å². The summed E-state index contributed by atoms with van der Waals surface area (Å²) < 4.78 is 4.61. The zero-order valence-corrected chi connectivity index (χ0v) is 11.6. The summed E-state index contributed by atoms with van der Waals surface area (Å²) in [6.45, 7) is 0.886. The third-order valence-electron chi connectivity index (χ3n) is 3.82. The van der Waals surface area contributed by atoms with Gasteiger partial charge in [0, 0.05) is 19.0 Å². The predicted octanol–water partition coefficient (Wildman–Crippen LogP) is 0.233. The Morgan fingerprint density at radius 3 is 2.90 bits per heavy atom. The van der Waals surface area contributed by atoms with E-state index in [0.717, 1.165) is 12.8 Å². The molecule has 1 fully saturated rings. The summed E-state index contributed by atoms with van der Waals surface area (Å²) in [6, 6.07) is -0.741. The van der Waals surface area contributed by atoms with E-state index in [9.17, 15) is 14.4 Å².